The Morgan fingerprint density at radius 3 is 2.54 bits per heavy atom. The molecule has 4 nitrogen and oxygen atoms in total. The van der Waals surface area contributed by atoms with Crippen LogP contribution in [-0.4, -0.2) is 42.9 Å². The van der Waals surface area contributed by atoms with Crippen LogP contribution in [0.2, 0.25) is 0 Å². The first-order valence-electron chi connectivity index (χ1n) is 4.44. The third-order valence-electron chi connectivity index (χ3n) is 1.59. The van der Waals surface area contributed by atoms with Crippen LogP contribution in [-0.2, 0) is 9.47 Å². The molecule has 1 atom stereocenters. The van der Waals surface area contributed by atoms with E-state index < -0.39 is 5.60 Å². The second kappa shape index (κ2) is 3.54. The van der Waals surface area contributed by atoms with Gasteiger partial charge in [0.15, 0.2) is 0 Å². The third-order valence-corrected chi connectivity index (χ3v) is 1.59. The zero-order chi connectivity index (χ0) is 10.1. The molecular weight excluding hydrogens is 170 g/mol. The highest BCUT2D eigenvalue weighted by atomic mass is 16.6. The fraction of sp³-hybridized carbons (Fsp3) is 0.889. The topological polar surface area (TPSA) is 42.1 Å². The molecule has 0 saturated carbocycles. The minimum absolute atomic E-state index is 0.220. The Kier molecular flexibility index (Phi) is 2.81. The Bertz CT molecular complexity index is 194. The average molecular weight is 187 g/mol. The van der Waals surface area contributed by atoms with Gasteiger partial charge in [0.25, 0.3) is 0 Å². The predicted molar refractivity (Wildman–Crippen MR) is 48.6 cm³/mol. The molecule has 1 heterocycles. The average Bonchev–Trinajstić information content (AvgIpc) is 2.67. The van der Waals surface area contributed by atoms with Gasteiger partial charge in [-0.1, -0.05) is 0 Å². The van der Waals surface area contributed by atoms with Gasteiger partial charge in [-0.05, 0) is 20.8 Å². The largest absolute Gasteiger partial charge is 0.444 e. The van der Waals surface area contributed by atoms with E-state index in [0.29, 0.717) is 6.54 Å². The molecule has 1 aliphatic heterocycles. The smallest absolute Gasteiger partial charge is 0.410 e. The molecule has 0 aliphatic carbocycles. The van der Waals surface area contributed by atoms with Crippen LogP contribution in [0.3, 0.4) is 0 Å². The standard InChI is InChI=1S/C9H17NO3/c1-9(2,3)13-8(11)10(4)5-7-6-12-7/h7H,5-6H2,1-4H3/t7-/m0/s1. The maximum atomic E-state index is 11.4. The van der Waals surface area contributed by atoms with Crippen LogP contribution in [0, 0.1) is 0 Å². The maximum absolute atomic E-state index is 11.4. The lowest BCUT2D eigenvalue weighted by Crippen LogP contribution is -2.36. The summed E-state index contributed by atoms with van der Waals surface area (Å²) < 4.78 is 10.2. The first-order valence-corrected chi connectivity index (χ1v) is 4.44. The molecule has 1 saturated heterocycles. The van der Waals surface area contributed by atoms with E-state index in [9.17, 15) is 4.79 Å². The number of nitrogens with zero attached hydrogens (tertiary/aromatic N) is 1. The second-order valence-corrected chi connectivity index (χ2v) is 4.32. The second-order valence-electron chi connectivity index (χ2n) is 4.32. The van der Waals surface area contributed by atoms with Crippen LogP contribution in [0.25, 0.3) is 0 Å². The van der Waals surface area contributed by atoms with Crippen molar-refractivity contribution >= 4 is 6.09 Å². The van der Waals surface area contributed by atoms with Crippen molar-refractivity contribution in [2.75, 3.05) is 20.2 Å². The van der Waals surface area contributed by atoms with Crippen LogP contribution in [0.4, 0.5) is 4.79 Å². The van der Waals surface area contributed by atoms with E-state index in [1.165, 1.54) is 0 Å². The number of rotatable bonds is 2. The van der Waals surface area contributed by atoms with Crippen molar-refractivity contribution in [2.45, 2.75) is 32.5 Å². The van der Waals surface area contributed by atoms with Gasteiger partial charge < -0.3 is 14.4 Å². The highest BCUT2D eigenvalue weighted by Crippen LogP contribution is 2.13. The number of hydrogen-bond acceptors (Lipinski definition) is 3. The van der Waals surface area contributed by atoms with Gasteiger partial charge in [-0.25, -0.2) is 4.79 Å². The molecule has 13 heavy (non-hydrogen) atoms. The molecule has 4 heteroatoms. The zero-order valence-corrected chi connectivity index (χ0v) is 8.66. The van der Waals surface area contributed by atoms with Gasteiger partial charge in [0.05, 0.1) is 19.3 Å². The first kappa shape index (κ1) is 10.3. The maximum Gasteiger partial charge on any atom is 0.410 e. The van der Waals surface area contributed by atoms with E-state index in [2.05, 4.69) is 0 Å². The summed E-state index contributed by atoms with van der Waals surface area (Å²) in [5.41, 5.74) is -0.421. The molecule has 76 valence electrons. The van der Waals surface area contributed by atoms with Crippen molar-refractivity contribution in [2.24, 2.45) is 0 Å². The zero-order valence-electron chi connectivity index (χ0n) is 8.66. The molecule has 0 aromatic carbocycles. The monoisotopic (exact) mass is 187 g/mol. The van der Waals surface area contributed by atoms with Crippen molar-refractivity contribution in [3.8, 4) is 0 Å². The summed E-state index contributed by atoms with van der Waals surface area (Å²) in [6.45, 7) is 6.94. The molecule has 0 N–H and O–H groups in total. The lowest BCUT2D eigenvalue weighted by atomic mass is 10.2. The molecule has 1 rings (SSSR count). The molecule has 0 spiro atoms. The fourth-order valence-corrected chi connectivity index (χ4v) is 0.893. The van der Waals surface area contributed by atoms with Gasteiger partial charge in [0.2, 0.25) is 0 Å². The van der Waals surface area contributed by atoms with E-state index in [-0.39, 0.29) is 12.2 Å². The molecule has 0 aromatic rings. The van der Waals surface area contributed by atoms with E-state index >= 15 is 0 Å². The van der Waals surface area contributed by atoms with Crippen LogP contribution in [0.5, 0.6) is 0 Å². The number of epoxide rings is 1. The molecule has 1 fully saturated rings. The van der Waals surface area contributed by atoms with Crippen LogP contribution in [0.15, 0.2) is 0 Å². The molecule has 1 aliphatic rings. The van der Waals surface area contributed by atoms with Crippen LogP contribution < -0.4 is 0 Å². The predicted octanol–water partition coefficient (Wildman–Crippen LogP) is 1.25. The Morgan fingerprint density at radius 1 is 1.62 bits per heavy atom. The van der Waals surface area contributed by atoms with Gasteiger partial charge in [0, 0.05) is 7.05 Å². The van der Waals surface area contributed by atoms with Crippen molar-refractivity contribution in [1.29, 1.82) is 0 Å². The normalized spacial score (nSPS) is 21.1. The Hall–Kier alpha value is -0.770. The van der Waals surface area contributed by atoms with Crippen LogP contribution in [0.1, 0.15) is 20.8 Å². The minimum atomic E-state index is -0.421. The van der Waals surface area contributed by atoms with Gasteiger partial charge in [-0.3, -0.25) is 0 Å². The number of carbonyl (C=O) groups excluding carboxylic acids is 1. The number of likely N-dealkylation sites (N-methyl/N-ethyl adjacent to an activating group) is 1. The first-order chi connectivity index (χ1) is 5.88. The molecule has 1 amide bonds. The molecule has 0 unspecified atom stereocenters. The van der Waals surface area contributed by atoms with Gasteiger partial charge in [-0.15, -0.1) is 0 Å². The fourth-order valence-electron chi connectivity index (χ4n) is 0.893. The van der Waals surface area contributed by atoms with Crippen LogP contribution >= 0.6 is 0 Å². The molecule has 0 bridgehead atoms. The van der Waals surface area contributed by atoms with Crippen molar-refractivity contribution in [3.05, 3.63) is 0 Å². The third kappa shape index (κ3) is 4.12. The summed E-state index contributed by atoms with van der Waals surface area (Å²) in [4.78, 5) is 12.9. The number of ether oxygens (including phenoxy) is 2. The molecule has 0 aromatic heterocycles. The van der Waals surface area contributed by atoms with Gasteiger partial charge in [-0.2, -0.15) is 0 Å². The van der Waals surface area contributed by atoms with E-state index in [4.69, 9.17) is 9.47 Å². The van der Waals surface area contributed by atoms with Gasteiger partial charge >= 0.3 is 6.09 Å². The SMILES string of the molecule is CN(C[C@H]1CO1)C(=O)OC(C)(C)C. The summed E-state index contributed by atoms with van der Waals surface area (Å²) in [5, 5.41) is 0. The van der Waals surface area contributed by atoms with Gasteiger partial charge in [0.1, 0.15) is 5.60 Å². The van der Waals surface area contributed by atoms with E-state index in [1.807, 2.05) is 20.8 Å². The Balaban J connectivity index is 2.28. The summed E-state index contributed by atoms with van der Waals surface area (Å²) in [6.07, 6.45) is -0.0690. The van der Waals surface area contributed by atoms with E-state index in [1.54, 1.807) is 11.9 Å². The lowest BCUT2D eigenvalue weighted by molar-refractivity contribution is 0.0288. The number of carbonyl (C=O) groups is 1. The summed E-state index contributed by atoms with van der Waals surface area (Å²) in [7, 11) is 1.72. The van der Waals surface area contributed by atoms with Crippen molar-refractivity contribution in [3.63, 3.8) is 0 Å². The minimum Gasteiger partial charge on any atom is -0.444 e. The van der Waals surface area contributed by atoms with E-state index in [0.717, 1.165) is 6.61 Å². The summed E-state index contributed by atoms with van der Waals surface area (Å²) in [5.74, 6) is 0. The Labute approximate surface area is 78.8 Å². The summed E-state index contributed by atoms with van der Waals surface area (Å²) in [6, 6.07) is 0. The molecule has 0 radical (unpaired) electrons. The number of amides is 1. The highest BCUT2D eigenvalue weighted by molar-refractivity contribution is 5.67. The van der Waals surface area contributed by atoms with Crippen molar-refractivity contribution in [1.82, 2.24) is 4.90 Å². The highest BCUT2D eigenvalue weighted by Gasteiger charge is 2.28. The lowest BCUT2D eigenvalue weighted by Gasteiger charge is -2.24. The quantitative estimate of drug-likeness (QED) is 0.611. The van der Waals surface area contributed by atoms with Crippen molar-refractivity contribution < 1.29 is 14.3 Å². The number of hydrogen-bond donors (Lipinski definition) is 0. The molecular formula is C9H17NO3. The Morgan fingerprint density at radius 2 is 2.15 bits per heavy atom. The summed E-state index contributed by atoms with van der Waals surface area (Å²) >= 11 is 0.